The smallest absolute Gasteiger partial charge is 0.236 e. The number of carbonyl (C=O) groups excluding carboxylic acids is 2. The van der Waals surface area contributed by atoms with Gasteiger partial charge in [-0.05, 0) is 30.7 Å². The second-order valence-electron chi connectivity index (χ2n) is 7.01. The van der Waals surface area contributed by atoms with E-state index in [1.54, 1.807) is 29.0 Å². The van der Waals surface area contributed by atoms with Crippen LogP contribution in [-0.4, -0.2) is 68.1 Å². The molecule has 144 valence electrons. The average molecular weight is 365 g/mol. The van der Waals surface area contributed by atoms with Gasteiger partial charge in [-0.15, -0.1) is 0 Å². The quantitative estimate of drug-likeness (QED) is 0.794. The average Bonchev–Trinajstić information content (AvgIpc) is 2.61. The van der Waals surface area contributed by atoms with Crippen LogP contribution in [0.25, 0.3) is 0 Å². The summed E-state index contributed by atoms with van der Waals surface area (Å²) in [5.74, 6) is -0.304. The molecule has 0 saturated carbocycles. The largest absolute Gasteiger partial charge is 0.378 e. The third-order valence-electron chi connectivity index (χ3n) is 4.39. The molecular formula is C19H28FN3O3. The van der Waals surface area contributed by atoms with Gasteiger partial charge in [-0.2, -0.15) is 0 Å². The van der Waals surface area contributed by atoms with Gasteiger partial charge < -0.3 is 15.0 Å². The van der Waals surface area contributed by atoms with Crippen molar-refractivity contribution in [1.29, 1.82) is 0 Å². The first-order valence-corrected chi connectivity index (χ1v) is 8.95. The van der Waals surface area contributed by atoms with E-state index in [1.165, 1.54) is 12.1 Å². The molecule has 1 saturated heterocycles. The summed E-state index contributed by atoms with van der Waals surface area (Å²) in [5.41, 5.74) is 0.863. The Morgan fingerprint density at radius 1 is 1.19 bits per heavy atom. The maximum atomic E-state index is 13.1. The summed E-state index contributed by atoms with van der Waals surface area (Å²) in [5, 5.41) is 2.99. The van der Waals surface area contributed by atoms with Crippen LogP contribution in [0.15, 0.2) is 24.3 Å². The molecule has 1 N–H and O–H groups in total. The molecule has 2 rings (SSSR count). The van der Waals surface area contributed by atoms with Crippen molar-refractivity contribution < 1.29 is 18.7 Å². The van der Waals surface area contributed by atoms with Gasteiger partial charge in [0.15, 0.2) is 0 Å². The van der Waals surface area contributed by atoms with Crippen LogP contribution in [0.1, 0.15) is 25.5 Å². The molecule has 0 radical (unpaired) electrons. The Bertz CT molecular complexity index is 601. The lowest BCUT2D eigenvalue weighted by Gasteiger charge is -2.29. The molecule has 1 aliphatic rings. The van der Waals surface area contributed by atoms with Crippen LogP contribution in [0, 0.1) is 11.7 Å². The van der Waals surface area contributed by atoms with E-state index in [-0.39, 0.29) is 42.7 Å². The van der Waals surface area contributed by atoms with Gasteiger partial charge in [0.1, 0.15) is 5.82 Å². The summed E-state index contributed by atoms with van der Waals surface area (Å²) in [6.07, 6.45) is 0. The molecule has 1 aromatic rings. The predicted octanol–water partition coefficient (Wildman–Crippen LogP) is 1.43. The van der Waals surface area contributed by atoms with Gasteiger partial charge in [-0.3, -0.25) is 14.5 Å². The van der Waals surface area contributed by atoms with Crippen LogP contribution in [0.3, 0.4) is 0 Å². The first-order chi connectivity index (χ1) is 12.4. The molecule has 1 atom stereocenters. The lowest BCUT2D eigenvalue weighted by Crippen LogP contribution is -2.47. The van der Waals surface area contributed by atoms with Crippen LogP contribution >= 0.6 is 0 Å². The Hall–Kier alpha value is -1.99. The van der Waals surface area contributed by atoms with Gasteiger partial charge in [0.2, 0.25) is 11.8 Å². The molecule has 1 aliphatic heterocycles. The minimum atomic E-state index is -0.302. The number of nitrogens with one attached hydrogen (secondary N) is 1. The third kappa shape index (κ3) is 6.07. The summed E-state index contributed by atoms with van der Waals surface area (Å²) in [4.78, 5) is 28.1. The fourth-order valence-corrected chi connectivity index (χ4v) is 2.97. The zero-order chi connectivity index (χ0) is 19.1. The zero-order valence-corrected chi connectivity index (χ0v) is 15.7. The molecule has 1 aromatic carbocycles. The van der Waals surface area contributed by atoms with Crippen molar-refractivity contribution in [2.75, 3.05) is 46.4 Å². The maximum Gasteiger partial charge on any atom is 0.236 e. The van der Waals surface area contributed by atoms with Crippen molar-refractivity contribution >= 4 is 11.8 Å². The minimum absolute atomic E-state index is 0.00236. The lowest BCUT2D eigenvalue weighted by atomic mass is 9.96. The molecule has 1 unspecified atom stereocenters. The Labute approximate surface area is 154 Å². The summed E-state index contributed by atoms with van der Waals surface area (Å²) < 4.78 is 18.4. The molecule has 1 fully saturated rings. The van der Waals surface area contributed by atoms with Gasteiger partial charge in [-0.1, -0.05) is 26.0 Å². The van der Waals surface area contributed by atoms with Crippen LogP contribution < -0.4 is 5.32 Å². The molecule has 0 aliphatic carbocycles. The first kappa shape index (κ1) is 20.3. The second kappa shape index (κ2) is 9.64. The highest BCUT2D eigenvalue weighted by atomic mass is 19.1. The van der Waals surface area contributed by atoms with E-state index in [2.05, 4.69) is 5.32 Å². The Balaban J connectivity index is 1.86. The summed E-state index contributed by atoms with van der Waals surface area (Å²) in [6.45, 7) is 6.63. The van der Waals surface area contributed by atoms with Gasteiger partial charge in [0.25, 0.3) is 0 Å². The number of hydrogen-bond donors (Lipinski definition) is 1. The highest BCUT2D eigenvalue weighted by Crippen LogP contribution is 2.21. The van der Waals surface area contributed by atoms with Gasteiger partial charge in [0, 0.05) is 13.1 Å². The van der Waals surface area contributed by atoms with Gasteiger partial charge in [-0.25, -0.2) is 4.39 Å². The summed E-state index contributed by atoms with van der Waals surface area (Å²) in [6, 6.07) is 5.96. The number of nitrogens with zero attached hydrogens (tertiary/aromatic N) is 2. The number of hydrogen-bond acceptors (Lipinski definition) is 4. The predicted molar refractivity (Wildman–Crippen MR) is 97.0 cm³/mol. The van der Waals surface area contributed by atoms with Crippen LogP contribution in [0.5, 0.6) is 0 Å². The highest BCUT2D eigenvalue weighted by Gasteiger charge is 2.22. The number of ether oxygens (including phenoxy) is 1. The molecule has 26 heavy (non-hydrogen) atoms. The topological polar surface area (TPSA) is 61.9 Å². The van der Waals surface area contributed by atoms with Crippen LogP contribution in [0.4, 0.5) is 4.39 Å². The van der Waals surface area contributed by atoms with Gasteiger partial charge >= 0.3 is 0 Å². The van der Waals surface area contributed by atoms with Crippen LogP contribution in [-0.2, 0) is 14.3 Å². The number of halogens is 1. The fraction of sp³-hybridized carbons (Fsp3) is 0.579. The van der Waals surface area contributed by atoms with E-state index in [1.807, 2.05) is 13.8 Å². The number of morpholine rings is 1. The Kier molecular flexibility index (Phi) is 7.53. The van der Waals surface area contributed by atoms with Crippen LogP contribution in [0.2, 0.25) is 0 Å². The molecule has 7 heteroatoms. The van der Waals surface area contributed by atoms with E-state index in [9.17, 15) is 14.0 Å². The third-order valence-corrected chi connectivity index (χ3v) is 4.39. The standard InChI is InChI=1S/C19H28FN3O3/c1-14(2)19(15-4-6-16(20)7-5-15)21-17(24)12-22(3)13-18(25)23-8-10-26-11-9-23/h4-7,14,19H,8-13H2,1-3H3,(H,21,24). The number of benzene rings is 1. The molecule has 0 bridgehead atoms. The summed E-state index contributed by atoms with van der Waals surface area (Å²) in [7, 11) is 1.75. The molecule has 6 nitrogen and oxygen atoms in total. The highest BCUT2D eigenvalue weighted by molar-refractivity contribution is 5.81. The normalized spacial score (nSPS) is 16.0. The van der Waals surface area contributed by atoms with E-state index < -0.39 is 0 Å². The second-order valence-corrected chi connectivity index (χ2v) is 7.01. The van der Waals surface area contributed by atoms with Crippen molar-refractivity contribution in [3.05, 3.63) is 35.6 Å². The van der Waals surface area contributed by atoms with Crippen molar-refractivity contribution in [2.45, 2.75) is 19.9 Å². The molecule has 0 aromatic heterocycles. The van der Waals surface area contributed by atoms with E-state index in [0.717, 1.165) is 5.56 Å². The summed E-state index contributed by atoms with van der Waals surface area (Å²) >= 11 is 0. The van der Waals surface area contributed by atoms with E-state index in [0.29, 0.717) is 26.3 Å². The molecule has 2 amide bonds. The van der Waals surface area contributed by atoms with Crippen molar-refractivity contribution in [2.24, 2.45) is 5.92 Å². The van der Waals surface area contributed by atoms with E-state index in [4.69, 9.17) is 4.74 Å². The van der Waals surface area contributed by atoms with Crippen molar-refractivity contribution in [3.63, 3.8) is 0 Å². The Morgan fingerprint density at radius 2 is 1.81 bits per heavy atom. The fourth-order valence-electron chi connectivity index (χ4n) is 2.97. The molecule has 0 spiro atoms. The van der Waals surface area contributed by atoms with Gasteiger partial charge in [0.05, 0.1) is 32.3 Å². The number of likely N-dealkylation sites (N-methyl/N-ethyl adjacent to an activating group) is 1. The molecular weight excluding hydrogens is 337 g/mol. The Morgan fingerprint density at radius 3 is 2.38 bits per heavy atom. The first-order valence-electron chi connectivity index (χ1n) is 8.95. The SMILES string of the molecule is CC(C)C(NC(=O)CN(C)CC(=O)N1CCOCC1)c1ccc(F)cc1. The number of carbonyl (C=O) groups is 2. The molecule has 1 heterocycles. The number of amides is 2. The number of rotatable bonds is 7. The van der Waals surface area contributed by atoms with Crippen molar-refractivity contribution in [1.82, 2.24) is 15.1 Å². The minimum Gasteiger partial charge on any atom is -0.378 e. The lowest BCUT2D eigenvalue weighted by molar-refractivity contribution is -0.136. The van der Waals surface area contributed by atoms with Crippen molar-refractivity contribution in [3.8, 4) is 0 Å². The van der Waals surface area contributed by atoms with E-state index >= 15 is 0 Å². The zero-order valence-electron chi connectivity index (χ0n) is 15.7. The maximum absolute atomic E-state index is 13.1. The monoisotopic (exact) mass is 365 g/mol.